The molecule has 8 heavy (non-hydrogen) atoms. The Morgan fingerprint density at radius 1 is 1.88 bits per heavy atom. The summed E-state index contributed by atoms with van der Waals surface area (Å²) in [6.07, 6.45) is 3.60. The predicted octanol–water partition coefficient (Wildman–Crippen LogP) is 0.494. The molecule has 0 aromatic heterocycles. The van der Waals surface area contributed by atoms with Crippen LogP contribution in [0.2, 0.25) is 0 Å². The van der Waals surface area contributed by atoms with E-state index in [0.29, 0.717) is 0 Å². The molecule has 0 aromatic carbocycles. The lowest BCUT2D eigenvalue weighted by Crippen LogP contribution is -2.30. The van der Waals surface area contributed by atoms with Crippen molar-refractivity contribution in [3.05, 3.63) is 12.3 Å². The second-order valence-corrected chi connectivity index (χ2v) is 1.77. The van der Waals surface area contributed by atoms with E-state index in [1.807, 2.05) is 6.08 Å². The first-order valence-electron chi connectivity index (χ1n) is 2.24. The second-order valence-electron chi connectivity index (χ2n) is 1.41. The molecule has 0 saturated heterocycles. The molecule has 44 valence electrons. The summed E-state index contributed by atoms with van der Waals surface area (Å²) >= 11 is 5.28. The summed E-state index contributed by atoms with van der Waals surface area (Å²) in [5.41, 5.74) is 2.82. The summed E-state index contributed by atoms with van der Waals surface area (Å²) in [5, 5.41) is 8.31. The lowest BCUT2D eigenvalue weighted by Gasteiger charge is -2.09. The van der Waals surface area contributed by atoms with Gasteiger partial charge in [-0.2, -0.15) is 0 Å². The van der Waals surface area contributed by atoms with Crippen molar-refractivity contribution in [1.29, 1.82) is 5.41 Å². The third-order valence-electron chi connectivity index (χ3n) is 0.845. The molecule has 0 amide bonds. The number of nitrogens with zero attached hydrogens (tertiary/aromatic N) is 1. The molecule has 1 aliphatic rings. The molecule has 0 atom stereocenters. The first kappa shape index (κ1) is 5.59. The molecule has 1 aliphatic heterocycles. The van der Waals surface area contributed by atoms with E-state index in [9.17, 15) is 0 Å². The highest BCUT2D eigenvalue weighted by Crippen LogP contribution is 1.95. The minimum Gasteiger partial charge on any atom is -0.273 e. The SMILES string of the molecule is N=C(Cl)N1C=CCN1. The van der Waals surface area contributed by atoms with Gasteiger partial charge < -0.3 is 0 Å². The van der Waals surface area contributed by atoms with Gasteiger partial charge in [-0.1, -0.05) is 6.08 Å². The van der Waals surface area contributed by atoms with Crippen molar-refractivity contribution in [2.24, 2.45) is 0 Å². The summed E-state index contributed by atoms with van der Waals surface area (Å²) in [7, 11) is 0. The van der Waals surface area contributed by atoms with Gasteiger partial charge in [-0.05, 0) is 11.6 Å². The van der Waals surface area contributed by atoms with Crippen LogP contribution in [0.25, 0.3) is 0 Å². The van der Waals surface area contributed by atoms with Gasteiger partial charge in [-0.15, -0.1) is 0 Å². The molecule has 0 saturated carbocycles. The molecule has 0 unspecified atom stereocenters. The quantitative estimate of drug-likeness (QED) is 0.285. The Bertz CT molecular complexity index is 131. The number of rotatable bonds is 0. The number of amidine groups is 1. The Morgan fingerprint density at radius 3 is 2.88 bits per heavy atom. The summed E-state index contributed by atoms with van der Waals surface area (Å²) in [6, 6.07) is 0. The fourth-order valence-corrected chi connectivity index (χ4v) is 0.613. The van der Waals surface area contributed by atoms with Crippen molar-refractivity contribution in [3.8, 4) is 0 Å². The third kappa shape index (κ3) is 0.993. The summed E-state index contributed by atoms with van der Waals surface area (Å²) in [4.78, 5) is 0. The molecule has 0 fully saturated rings. The fraction of sp³-hybridized carbons (Fsp3) is 0.250. The van der Waals surface area contributed by atoms with Crippen LogP contribution in [0.5, 0.6) is 0 Å². The van der Waals surface area contributed by atoms with E-state index in [0.717, 1.165) is 6.54 Å². The van der Waals surface area contributed by atoms with E-state index in [4.69, 9.17) is 17.0 Å². The molecule has 4 heteroatoms. The van der Waals surface area contributed by atoms with Crippen molar-refractivity contribution in [2.75, 3.05) is 6.54 Å². The highest BCUT2D eigenvalue weighted by Gasteiger charge is 2.04. The zero-order valence-corrected chi connectivity index (χ0v) is 4.94. The number of hydrazine groups is 1. The number of hydrogen-bond acceptors (Lipinski definition) is 2. The average molecular weight is 132 g/mol. The van der Waals surface area contributed by atoms with E-state index in [-0.39, 0.29) is 5.29 Å². The number of hydrogen-bond donors (Lipinski definition) is 2. The molecular weight excluding hydrogens is 126 g/mol. The van der Waals surface area contributed by atoms with Crippen LogP contribution in [0.1, 0.15) is 0 Å². The fourth-order valence-electron chi connectivity index (χ4n) is 0.497. The standard InChI is InChI=1S/C4H6ClN3/c5-4(6)8-3-1-2-7-8/h1,3,6-7H,2H2. The Kier molecular flexibility index (Phi) is 1.50. The number of nitrogens with one attached hydrogen (secondary N) is 2. The highest BCUT2D eigenvalue weighted by atomic mass is 35.5. The molecule has 0 aromatic rings. The smallest absolute Gasteiger partial charge is 0.209 e. The van der Waals surface area contributed by atoms with Gasteiger partial charge in [-0.3, -0.25) is 10.4 Å². The van der Waals surface area contributed by atoms with Gasteiger partial charge >= 0.3 is 0 Å². The average Bonchev–Trinajstić information content (AvgIpc) is 2.12. The van der Waals surface area contributed by atoms with Crippen LogP contribution < -0.4 is 5.43 Å². The van der Waals surface area contributed by atoms with Crippen LogP contribution in [-0.2, 0) is 0 Å². The van der Waals surface area contributed by atoms with Crippen molar-refractivity contribution in [2.45, 2.75) is 0 Å². The van der Waals surface area contributed by atoms with Gasteiger partial charge in [0.25, 0.3) is 0 Å². The third-order valence-corrected chi connectivity index (χ3v) is 1.03. The summed E-state index contributed by atoms with van der Waals surface area (Å²) in [6.45, 7) is 0.759. The van der Waals surface area contributed by atoms with Gasteiger partial charge in [0.1, 0.15) is 0 Å². The zero-order valence-electron chi connectivity index (χ0n) is 4.19. The lowest BCUT2D eigenvalue weighted by atomic mass is 10.7. The van der Waals surface area contributed by atoms with E-state index < -0.39 is 0 Å². The monoisotopic (exact) mass is 131 g/mol. The zero-order chi connectivity index (χ0) is 5.98. The van der Waals surface area contributed by atoms with E-state index in [2.05, 4.69) is 5.43 Å². The minimum absolute atomic E-state index is 0.00116. The molecule has 3 nitrogen and oxygen atoms in total. The molecule has 1 heterocycles. The molecule has 1 rings (SSSR count). The molecule has 0 aliphatic carbocycles. The van der Waals surface area contributed by atoms with Crippen molar-refractivity contribution >= 4 is 16.9 Å². The van der Waals surface area contributed by atoms with E-state index in [1.165, 1.54) is 5.01 Å². The normalized spacial score (nSPS) is 17.4. The molecular formula is C4H6ClN3. The minimum atomic E-state index is -0.00116. The van der Waals surface area contributed by atoms with Crippen LogP contribution in [0, 0.1) is 5.41 Å². The Hall–Kier alpha value is -0.540. The van der Waals surface area contributed by atoms with E-state index >= 15 is 0 Å². The van der Waals surface area contributed by atoms with Crippen LogP contribution in [-0.4, -0.2) is 16.8 Å². The second kappa shape index (κ2) is 2.15. The van der Waals surface area contributed by atoms with Crippen LogP contribution >= 0.6 is 11.6 Å². The largest absolute Gasteiger partial charge is 0.273 e. The van der Waals surface area contributed by atoms with E-state index in [1.54, 1.807) is 6.20 Å². The molecule has 0 bridgehead atoms. The van der Waals surface area contributed by atoms with Gasteiger partial charge in [-0.25, -0.2) is 5.43 Å². The number of halogens is 1. The Morgan fingerprint density at radius 2 is 2.62 bits per heavy atom. The Labute approximate surface area is 52.4 Å². The molecule has 0 spiro atoms. The van der Waals surface area contributed by atoms with Crippen molar-refractivity contribution < 1.29 is 0 Å². The van der Waals surface area contributed by atoms with Crippen LogP contribution in [0.3, 0.4) is 0 Å². The predicted molar refractivity (Wildman–Crippen MR) is 32.6 cm³/mol. The first-order chi connectivity index (χ1) is 3.80. The van der Waals surface area contributed by atoms with Crippen molar-refractivity contribution in [3.63, 3.8) is 0 Å². The summed E-state index contributed by atoms with van der Waals surface area (Å²) in [5.74, 6) is 0. The molecule has 2 N–H and O–H groups in total. The maximum Gasteiger partial charge on any atom is 0.209 e. The Balaban J connectivity index is 2.48. The highest BCUT2D eigenvalue weighted by molar-refractivity contribution is 6.63. The van der Waals surface area contributed by atoms with Gasteiger partial charge in [0, 0.05) is 12.7 Å². The van der Waals surface area contributed by atoms with Crippen LogP contribution in [0.15, 0.2) is 12.3 Å². The lowest BCUT2D eigenvalue weighted by molar-refractivity contribution is 0.467. The first-order valence-corrected chi connectivity index (χ1v) is 2.62. The topological polar surface area (TPSA) is 39.1 Å². The summed E-state index contributed by atoms with van der Waals surface area (Å²) < 4.78 is 0. The van der Waals surface area contributed by atoms with Gasteiger partial charge in [0.15, 0.2) is 0 Å². The molecule has 0 radical (unpaired) electrons. The van der Waals surface area contributed by atoms with Gasteiger partial charge in [0.05, 0.1) is 0 Å². The maximum atomic E-state index is 6.87. The van der Waals surface area contributed by atoms with Gasteiger partial charge in [0.2, 0.25) is 5.29 Å². The van der Waals surface area contributed by atoms with Crippen LogP contribution in [0.4, 0.5) is 0 Å². The maximum absolute atomic E-state index is 6.87. The van der Waals surface area contributed by atoms with Crippen molar-refractivity contribution in [1.82, 2.24) is 10.4 Å².